The standard InChI is InChI=1S/C11H17NO/c1-3-12(10-13-2)9-11-7-5-4-6-8-11/h4-8H,3,9-10H2,1-2H3. The van der Waals surface area contributed by atoms with Crippen LogP contribution in [0.3, 0.4) is 0 Å². The molecule has 0 radical (unpaired) electrons. The molecule has 2 nitrogen and oxygen atoms in total. The Kier molecular flexibility index (Phi) is 4.50. The van der Waals surface area contributed by atoms with Crippen molar-refractivity contribution in [1.82, 2.24) is 4.90 Å². The molecule has 2 heteroatoms. The lowest BCUT2D eigenvalue weighted by atomic mass is 10.2. The maximum Gasteiger partial charge on any atom is 0.0989 e. The lowest BCUT2D eigenvalue weighted by Crippen LogP contribution is -2.24. The largest absolute Gasteiger partial charge is 0.369 e. The van der Waals surface area contributed by atoms with Crippen LogP contribution in [0.4, 0.5) is 0 Å². The van der Waals surface area contributed by atoms with Gasteiger partial charge in [-0.05, 0) is 12.1 Å². The lowest BCUT2D eigenvalue weighted by Gasteiger charge is -2.18. The van der Waals surface area contributed by atoms with Gasteiger partial charge in [0.05, 0.1) is 6.73 Å². The minimum absolute atomic E-state index is 0.700. The van der Waals surface area contributed by atoms with Gasteiger partial charge in [-0.3, -0.25) is 4.90 Å². The van der Waals surface area contributed by atoms with E-state index in [0.717, 1.165) is 13.1 Å². The van der Waals surface area contributed by atoms with Gasteiger partial charge in [0.25, 0.3) is 0 Å². The molecule has 0 N–H and O–H groups in total. The normalized spacial score (nSPS) is 10.7. The Morgan fingerprint density at radius 1 is 1.23 bits per heavy atom. The van der Waals surface area contributed by atoms with Gasteiger partial charge in [-0.25, -0.2) is 0 Å². The van der Waals surface area contributed by atoms with Crippen LogP contribution in [0.5, 0.6) is 0 Å². The highest BCUT2D eigenvalue weighted by atomic mass is 16.5. The van der Waals surface area contributed by atoms with Gasteiger partial charge in [-0.2, -0.15) is 0 Å². The molecule has 0 aliphatic heterocycles. The van der Waals surface area contributed by atoms with E-state index in [1.54, 1.807) is 7.11 Å². The SMILES string of the molecule is CCN(COC)Cc1ccccc1. The maximum atomic E-state index is 5.09. The number of hydrogen-bond donors (Lipinski definition) is 0. The van der Waals surface area contributed by atoms with Crippen molar-refractivity contribution in [3.05, 3.63) is 35.9 Å². The van der Waals surface area contributed by atoms with E-state index in [1.807, 2.05) is 6.07 Å². The van der Waals surface area contributed by atoms with Gasteiger partial charge < -0.3 is 4.74 Å². The van der Waals surface area contributed by atoms with E-state index in [1.165, 1.54) is 5.56 Å². The third kappa shape index (κ3) is 3.57. The second-order valence-electron chi connectivity index (χ2n) is 3.05. The van der Waals surface area contributed by atoms with Gasteiger partial charge in [0.2, 0.25) is 0 Å². The highest BCUT2D eigenvalue weighted by Crippen LogP contribution is 2.03. The minimum Gasteiger partial charge on any atom is -0.369 e. The monoisotopic (exact) mass is 179 g/mol. The van der Waals surface area contributed by atoms with E-state index in [2.05, 4.69) is 36.1 Å². The van der Waals surface area contributed by atoms with Crippen molar-refractivity contribution in [2.45, 2.75) is 13.5 Å². The van der Waals surface area contributed by atoms with Gasteiger partial charge in [0.15, 0.2) is 0 Å². The molecule has 0 spiro atoms. The van der Waals surface area contributed by atoms with Crippen molar-refractivity contribution < 1.29 is 4.74 Å². The molecule has 0 unspecified atom stereocenters. The van der Waals surface area contributed by atoms with E-state index in [-0.39, 0.29) is 0 Å². The predicted molar refractivity (Wildman–Crippen MR) is 54.4 cm³/mol. The van der Waals surface area contributed by atoms with Crippen molar-refractivity contribution in [3.63, 3.8) is 0 Å². The Labute approximate surface area is 80.1 Å². The molecule has 1 aromatic carbocycles. The number of hydrogen-bond acceptors (Lipinski definition) is 2. The Morgan fingerprint density at radius 3 is 2.46 bits per heavy atom. The highest BCUT2D eigenvalue weighted by Gasteiger charge is 2.01. The zero-order valence-electron chi connectivity index (χ0n) is 8.36. The second kappa shape index (κ2) is 5.73. The summed E-state index contributed by atoms with van der Waals surface area (Å²) in [6, 6.07) is 10.4. The average Bonchev–Trinajstić information content (AvgIpc) is 2.19. The number of ether oxygens (including phenoxy) is 1. The summed E-state index contributed by atoms with van der Waals surface area (Å²) in [5, 5.41) is 0. The molecule has 0 aliphatic rings. The Balaban J connectivity index is 2.46. The molecule has 0 atom stereocenters. The fourth-order valence-electron chi connectivity index (χ4n) is 1.27. The van der Waals surface area contributed by atoms with Crippen LogP contribution in [0, 0.1) is 0 Å². The molecule has 72 valence electrons. The van der Waals surface area contributed by atoms with E-state index in [4.69, 9.17) is 4.74 Å². The summed E-state index contributed by atoms with van der Waals surface area (Å²) in [5.74, 6) is 0. The van der Waals surface area contributed by atoms with Crippen molar-refractivity contribution in [2.24, 2.45) is 0 Å². The van der Waals surface area contributed by atoms with Gasteiger partial charge >= 0.3 is 0 Å². The van der Waals surface area contributed by atoms with Crippen molar-refractivity contribution in [2.75, 3.05) is 20.4 Å². The van der Waals surface area contributed by atoms with Gasteiger partial charge in [-0.15, -0.1) is 0 Å². The first-order valence-corrected chi connectivity index (χ1v) is 4.62. The summed E-state index contributed by atoms with van der Waals surface area (Å²) in [6.07, 6.45) is 0. The van der Waals surface area contributed by atoms with Gasteiger partial charge in [-0.1, -0.05) is 37.3 Å². The van der Waals surface area contributed by atoms with Gasteiger partial charge in [0.1, 0.15) is 0 Å². The third-order valence-corrected chi connectivity index (χ3v) is 2.01. The fourth-order valence-corrected chi connectivity index (χ4v) is 1.27. The second-order valence-corrected chi connectivity index (χ2v) is 3.05. The highest BCUT2D eigenvalue weighted by molar-refractivity contribution is 5.14. The maximum absolute atomic E-state index is 5.09. The van der Waals surface area contributed by atoms with E-state index in [9.17, 15) is 0 Å². The first-order valence-electron chi connectivity index (χ1n) is 4.62. The Morgan fingerprint density at radius 2 is 1.92 bits per heavy atom. The van der Waals surface area contributed by atoms with Crippen LogP contribution in [-0.2, 0) is 11.3 Å². The third-order valence-electron chi connectivity index (χ3n) is 2.01. The molecule has 0 saturated carbocycles. The predicted octanol–water partition coefficient (Wildman–Crippen LogP) is 2.11. The topological polar surface area (TPSA) is 12.5 Å². The van der Waals surface area contributed by atoms with E-state index < -0.39 is 0 Å². The number of methoxy groups -OCH3 is 1. The van der Waals surface area contributed by atoms with Crippen LogP contribution < -0.4 is 0 Å². The Bertz CT molecular complexity index is 223. The molecule has 0 aromatic heterocycles. The quantitative estimate of drug-likeness (QED) is 0.642. The summed E-state index contributed by atoms with van der Waals surface area (Å²) < 4.78 is 5.09. The van der Waals surface area contributed by atoms with Crippen molar-refractivity contribution in [1.29, 1.82) is 0 Å². The van der Waals surface area contributed by atoms with Crippen LogP contribution in [-0.4, -0.2) is 25.3 Å². The molecule has 0 heterocycles. The molecule has 1 aromatic rings. The van der Waals surface area contributed by atoms with Crippen molar-refractivity contribution >= 4 is 0 Å². The smallest absolute Gasteiger partial charge is 0.0989 e. The fraction of sp³-hybridized carbons (Fsp3) is 0.455. The number of benzene rings is 1. The minimum atomic E-state index is 0.700. The summed E-state index contributed by atoms with van der Waals surface area (Å²) >= 11 is 0. The average molecular weight is 179 g/mol. The Hall–Kier alpha value is -0.860. The lowest BCUT2D eigenvalue weighted by molar-refractivity contribution is 0.0618. The molecule has 0 amide bonds. The summed E-state index contributed by atoms with van der Waals surface area (Å²) in [7, 11) is 1.73. The first-order chi connectivity index (χ1) is 6.36. The summed E-state index contributed by atoms with van der Waals surface area (Å²) in [4.78, 5) is 2.25. The van der Waals surface area contributed by atoms with E-state index in [0.29, 0.717) is 6.73 Å². The van der Waals surface area contributed by atoms with Crippen LogP contribution in [0.1, 0.15) is 12.5 Å². The molecule has 0 bridgehead atoms. The zero-order chi connectivity index (χ0) is 9.52. The van der Waals surface area contributed by atoms with Crippen molar-refractivity contribution in [3.8, 4) is 0 Å². The molecular weight excluding hydrogens is 162 g/mol. The molecule has 0 fully saturated rings. The van der Waals surface area contributed by atoms with Crippen LogP contribution >= 0.6 is 0 Å². The number of rotatable bonds is 5. The molecule has 0 saturated heterocycles. The van der Waals surface area contributed by atoms with Gasteiger partial charge in [0, 0.05) is 13.7 Å². The number of nitrogens with zero attached hydrogens (tertiary/aromatic N) is 1. The molecular formula is C11H17NO. The summed E-state index contributed by atoms with van der Waals surface area (Å²) in [6.45, 7) is 4.82. The first kappa shape index (κ1) is 10.2. The molecule has 0 aliphatic carbocycles. The zero-order valence-corrected chi connectivity index (χ0v) is 8.36. The summed E-state index contributed by atoms with van der Waals surface area (Å²) in [5.41, 5.74) is 1.33. The van der Waals surface area contributed by atoms with E-state index >= 15 is 0 Å². The van der Waals surface area contributed by atoms with Crippen LogP contribution in [0.25, 0.3) is 0 Å². The molecule has 1 rings (SSSR count). The van der Waals surface area contributed by atoms with Crippen LogP contribution in [0.2, 0.25) is 0 Å². The van der Waals surface area contributed by atoms with Crippen LogP contribution in [0.15, 0.2) is 30.3 Å². The molecule has 13 heavy (non-hydrogen) atoms.